The van der Waals surface area contributed by atoms with E-state index in [0.717, 1.165) is 11.3 Å². The molecule has 0 radical (unpaired) electrons. The molecule has 0 aliphatic carbocycles. The topological polar surface area (TPSA) is 127 Å². The number of halogens is 1. The highest BCUT2D eigenvalue weighted by molar-refractivity contribution is 6.06. The Kier molecular flexibility index (Phi) is 11.4. The van der Waals surface area contributed by atoms with E-state index >= 15 is 0 Å². The molecule has 4 aromatic rings. The molecule has 47 heavy (non-hydrogen) atoms. The number of nitrogens with one attached hydrogen (secondary N) is 1. The van der Waals surface area contributed by atoms with Gasteiger partial charge in [0, 0.05) is 35.5 Å². The Morgan fingerprint density at radius 3 is 2.23 bits per heavy atom. The summed E-state index contributed by atoms with van der Waals surface area (Å²) in [6.07, 6.45) is 3.85. The largest absolute Gasteiger partial charge is 0.460 e. The molecule has 2 aromatic carbocycles. The summed E-state index contributed by atoms with van der Waals surface area (Å²) >= 11 is 0. The minimum Gasteiger partial charge on any atom is -0.460 e. The molecule has 0 spiro atoms. The molecule has 0 aliphatic rings. The van der Waals surface area contributed by atoms with Crippen molar-refractivity contribution in [2.45, 2.75) is 84.8 Å². The predicted molar refractivity (Wildman–Crippen MR) is 180 cm³/mol. The SMILES string of the molecule is Cc1cnc(CNC(=O)c2c(-c3ccccc3)c(-c3ccc(F)cc3)c(/C=C/[C@@H](O)C[C@@H](O)CC(=O)OC(C)(C)C)n2C(C)C)cn1. The van der Waals surface area contributed by atoms with Gasteiger partial charge in [-0.25, -0.2) is 4.39 Å². The second-order valence-corrected chi connectivity index (χ2v) is 12.8. The van der Waals surface area contributed by atoms with Gasteiger partial charge in [-0.3, -0.25) is 19.6 Å². The molecule has 0 saturated heterocycles. The van der Waals surface area contributed by atoms with Gasteiger partial charge < -0.3 is 24.8 Å². The van der Waals surface area contributed by atoms with Crippen LogP contribution in [-0.2, 0) is 16.1 Å². The average Bonchev–Trinajstić information content (AvgIpc) is 3.35. The maximum Gasteiger partial charge on any atom is 0.308 e. The second kappa shape index (κ2) is 15.3. The molecule has 0 bridgehead atoms. The highest BCUT2D eigenvalue weighted by Crippen LogP contribution is 2.42. The Hall–Kier alpha value is -4.67. The summed E-state index contributed by atoms with van der Waals surface area (Å²) < 4.78 is 21.3. The van der Waals surface area contributed by atoms with Crippen molar-refractivity contribution in [2.24, 2.45) is 0 Å². The Balaban J connectivity index is 1.81. The number of aromatic nitrogens is 3. The lowest BCUT2D eigenvalue weighted by Gasteiger charge is -2.21. The first-order valence-electron chi connectivity index (χ1n) is 15.6. The second-order valence-electron chi connectivity index (χ2n) is 12.8. The number of hydrogen-bond acceptors (Lipinski definition) is 7. The molecule has 0 aliphatic heterocycles. The maximum absolute atomic E-state index is 14.2. The van der Waals surface area contributed by atoms with E-state index < -0.39 is 29.6 Å². The lowest BCUT2D eigenvalue weighted by Crippen LogP contribution is -2.28. The van der Waals surface area contributed by atoms with Gasteiger partial charge >= 0.3 is 5.97 Å². The van der Waals surface area contributed by atoms with Crippen molar-refractivity contribution in [3.05, 3.63) is 102 Å². The molecule has 2 aromatic heterocycles. The number of aliphatic hydroxyl groups is 2. The van der Waals surface area contributed by atoms with Crippen molar-refractivity contribution in [3.63, 3.8) is 0 Å². The van der Waals surface area contributed by atoms with E-state index in [2.05, 4.69) is 15.3 Å². The van der Waals surface area contributed by atoms with Gasteiger partial charge in [0.1, 0.15) is 17.1 Å². The first kappa shape index (κ1) is 35.2. The fourth-order valence-electron chi connectivity index (χ4n) is 5.31. The third kappa shape index (κ3) is 9.43. The zero-order valence-electron chi connectivity index (χ0n) is 27.7. The van der Waals surface area contributed by atoms with Crippen LogP contribution < -0.4 is 5.32 Å². The first-order valence-corrected chi connectivity index (χ1v) is 15.6. The van der Waals surface area contributed by atoms with E-state index in [1.165, 1.54) is 18.2 Å². The van der Waals surface area contributed by atoms with Crippen LogP contribution in [0.3, 0.4) is 0 Å². The minimum absolute atomic E-state index is 0.111. The molecular weight excluding hydrogens is 599 g/mol. The number of nitrogens with zero attached hydrogens (tertiary/aromatic N) is 3. The summed E-state index contributed by atoms with van der Waals surface area (Å²) in [5.41, 5.74) is 4.40. The van der Waals surface area contributed by atoms with Gasteiger partial charge in [-0.1, -0.05) is 48.5 Å². The van der Waals surface area contributed by atoms with Gasteiger partial charge in [-0.15, -0.1) is 0 Å². The summed E-state index contributed by atoms with van der Waals surface area (Å²) in [5, 5.41) is 24.5. The number of esters is 1. The van der Waals surface area contributed by atoms with Crippen molar-refractivity contribution < 1.29 is 28.9 Å². The highest BCUT2D eigenvalue weighted by Gasteiger charge is 2.29. The van der Waals surface area contributed by atoms with Crippen molar-refractivity contribution in [3.8, 4) is 22.3 Å². The van der Waals surface area contributed by atoms with Gasteiger partial charge in [0.2, 0.25) is 0 Å². The Bertz CT molecular complexity index is 1690. The van der Waals surface area contributed by atoms with Crippen LogP contribution in [0.2, 0.25) is 0 Å². The maximum atomic E-state index is 14.2. The van der Waals surface area contributed by atoms with Crippen LogP contribution in [-0.4, -0.2) is 54.4 Å². The smallest absolute Gasteiger partial charge is 0.308 e. The van der Waals surface area contributed by atoms with Crippen LogP contribution in [0.4, 0.5) is 4.39 Å². The number of rotatable bonds is 12. The molecule has 3 N–H and O–H groups in total. The van der Waals surface area contributed by atoms with Gasteiger partial charge in [-0.2, -0.15) is 0 Å². The zero-order valence-corrected chi connectivity index (χ0v) is 27.7. The average molecular weight is 643 g/mol. The third-order valence-corrected chi connectivity index (χ3v) is 7.25. The predicted octanol–water partition coefficient (Wildman–Crippen LogP) is 6.43. The fourth-order valence-corrected chi connectivity index (χ4v) is 5.31. The molecule has 10 heteroatoms. The number of carbonyl (C=O) groups is 2. The van der Waals surface area contributed by atoms with Crippen molar-refractivity contribution in [1.29, 1.82) is 0 Å². The summed E-state index contributed by atoms with van der Waals surface area (Å²) in [4.78, 5) is 35.0. The molecule has 9 nitrogen and oxygen atoms in total. The Labute approximate surface area is 275 Å². The number of hydrogen-bond donors (Lipinski definition) is 3. The molecular formula is C37H43FN4O5. The Morgan fingerprint density at radius 1 is 0.979 bits per heavy atom. The van der Waals surface area contributed by atoms with Crippen molar-refractivity contribution >= 4 is 18.0 Å². The number of amides is 1. The Morgan fingerprint density at radius 2 is 1.64 bits per heavy atom. The number of carbonyl (C=O) groups excluding carboxylic acids is 2. The van der Waals surface area contributed by atoms with E-state index in [9.17, 15) is 24.2 Å². The number of aryl methyl sites for hydroxylation is 1. The van der Waals surface area contributed by atoms with Gasteiger partial charge in [0.15, 0.2) is 0 Å². The molecule has 248 valence electrons. The van der Waals surface area contributed by atoms with Crippen molar-refractivity contribution in [2.75, 3.05) is 0 Å². The van der Waals surface area contributed by atoms with Crippen LogP contribution in [0.25, 0.3) is 28.3 Å². The highest BCUT2D eigenvalue weighted by atomic mass is 19.1. The standard InChI is InChI=1S/C37H43FN4O5/c1-23(2)42-31(17-16-29(43)18-30(44)19-32(45)47-37(4,5)6)33(26-12-14-27(38)15-13-26)34(25-10-8-7-9-11-25)35(42)36(46)41-22-28-21-39-24(3)20-40-28/h7-17,20-21,23,29-30,43-44H,18-19,22H2,1-6H3,(H,41,46)/b17-16+/t29-,30-/m1/s1. The van der Waals surface area contributed by atoms with E-state index in [0.29, 0.717) is 33.8 Å². The number of aliphatic hydroxyl groups excluding tert-OH is 2. The number of benzene rings is 2. The summed E-state index contributed by atoms with van der Waals surface area (Å²) in [6.45, 7) is 11.1. The monoisotopic (exact) mass is 642 g/mol. The van der Waals surface area contributed by atoms with E-state index in [1.807, 2.05) is 55.7 Å². The van der Waals surface area contributed by atoms with Crippen LogP contribution in [0.15, 0.2) is 73.1 Å². The van der Waals surface area contributed by atoms with E-state index in [1.54, 1.807) is 51.4 Å². The van der Waals surface area contributed by atoms with Crippen LogP contribution >= 0.6 is 0 Å². The molecule has 1 amide bonds. The molecule has 2 heterocycles. The van der Waals surface area contributed by atoms with Gasteiger partial charge in [-0.05, 0) is 70.9 Å². The van der Waals surface area contributed by atoms with Crippen LogP contribution in [0.1, 0.15) is 81.1 Å². The molecule has 0 fully saturated rings. The lowest BCUT2D eigenvalue weighted by molar-refractivity contribution is -0.157. The fraction of sp³-hybridized carbons (Fsp3) is 0.351. The first-order chi connectivity index (χ1) is 22.2. The van der Waals surface area contributed by atoms with E-state index in [-0.39, 0.29) is 31.3 Å². The summed E-state index contributed by atoms with van der Waals surface area (Å²) in [5.74, 6) is -1.31. The molecule has 0 unspecified atom stereocenters. The normalized spacial score (nSPS) is 13.1. The minimum atomic E-state index is -1.14. The van der Waals surface area contributed by atoms with E-state index in [4.69, 9.17) is 4.74 Å². The molecule has 0 saturated carbocycles. The molecule has 4 rings (SSSR count). The molecule has 2 atom stereocenters. The third-order valence-electron chi connectivity index (χ3n) is 7.25. The zero-order chi connectivity index (χ0) is 34.3. The number of ether oxygens (including phenoxy) is 1. The lowest BCUT2D eigenvalue weighted by atomic mass is 9.94. The van der Waals surface area contributed by atoms with Crippen LogP contribution in [0.5, 0.6) is 0 Å². The summed E-state index contributed by atoms with van der Waals surface area (Å²) in [6, 6.07) is 15.3. The van der Waals surface area contributed by atoms with Gasteiger partial charge in [0.25, 0.3) is 5.91 Å². The van der Waals surface area contributed by atoms with Gasteiger partial charge in [0.05, 0.1) is 42.8 Å². The van der Waals surface area contributed by atoms with Crippen molar-refractivity contribution in [1.82, 2.24) is 19.9 Å². The quantitative estimate of drug-likeness (QED) is 0.152. The summed E-state index contributed by atoms with van der Waals surface area (Å²) in [7, 11) is 0. The van der Waals surface area contributed by atoms with Crippen LogP contribution in [0, 0.1) is 12.7 Å².